The molecule has 0 saturated heterocycles. The molecule has 1 N–H and O–H groups in total. The summed E-state index contributed by atoms with van der Waals surface area (Å²) >= 11 is 0. The summed E-state index contributed by atoms with van der Waals surface area (Å²) in [7, 11) is 1.68. The van der Waals surface area contributed by atoms with E-state index in [1.807, 2.05) is 30.3 Å². The second-order valence-electron chi connectivity index (χ2n) is 8.30. The van der Waals surface area contributed by atoms with Gasteiger partial charge in [-0.3, -0.25) is 4.79 Å². The summed E-state index contributed by atoms with van der Waals surface area (Å²) in [6, 6.07) is 18.1. The fraction of sp³-hybridized carbons (Fsp3) is 0.269. The topological polar surface area (TPSA) is 65.0 Å². The first-order valence-corrected chi connectivity index (χ1v) is 10.4. The molecule has 1 heterocycles. The first-order chi connectivity index (χ1) is 15.0. The third kappa shape index (κ3) is 3.40. The lowest BCUT2D eigenvalue weighted by Gasteiger charge is -2.14. The van der Waals surface area contributed by atoms with E-state index in [9.17, 15) is 9.90 Å². The van der Waals surface area contributed by atoms with Crippen LogP contribution >= 0.6 is 0 Å². The number of aliphatic carboxylic acids is 1. The van der Waals surface area contributed by atoms with Crippen LogP contribution in [0.1, 0.15) is 28.2 Å². The van der Waals surface area contributed by atoms with Crippen molar-refractivity contribution in [2.24, 2.45) is 5.92 Å². The van der Waals surface area contributed by atoms with E-state index in [4.69, 9.17) is 14.2 Å². The summed E-state index contributed by atoms with van der Waals surface area (Å²) in [4.78, 5) is 11.2. The predicted octanol–water partition coefficient (Wildman–Crippen LogP) is 5.12. The molecule has 0 aromatic heterocycles. The minimum atomic E-state index is -0.789. The van der Waals surface area contributed by atoms with Crippen molar-refractivity contribution < 1.29 is 24.1 Å². The maximum absolute atomic E-state index is 11.2. The number of carbonyl (C=O) groups is 1. The Morgan fingerprint density at radius 2 is 1.81 bits per heavy atom. The SMILES string of the molecule is COc1cc(C)c(-c2cccc(COc3ccc4c(c3)O[C@H]3[C@H](C(=O)O)[C@@H]43)c2)c(C)c1. The molecular formula is C26H24O5. The van der Waals surface area contributed by atoms with Crippen molar-refractivity contribution in [3.63, 3.8) is 0 Å². The number of ether oxygens (including phenoxy) is 3. The van der Waals surface area contributed by atoms with Crippen molar-refractivity contribution in [2.75, 3.05) is 7.11 Å². The molecule has 2 aliphatic rings. The van der Waals surface area contributed by atoms with Gasteiger partial charge in [0.2, 0.25) is 0 Å². The third-order valence-electron chi connectivity index (χ3n) is 6.21. The summed E-state index contributed by atoms with van der Waals surface area (Å²) in [5.74, 6) is 1.10. The van der Waals surface area contributed by atoms with Crippen LogP contribution in [0.15, 0.2) is 54.6 Å². The standard InChI is InChI=1S/C26H24O5/c1-14-9-19(29-3)10-15(2)22(14)17-6-4-5-16(11-17)13-30-18-7-8-20-21(12-18)31-25-23(20)24(25)26(27)28/h4-12,23-25H,13H2,1-3H3,(H,27,28)/t23-,24-,25-/m1/s1. The first kappa shape index (κ1) is 19.5. The Labute approximate surface area is 181 Å². The van der Waals surface area contributed by atoms with E-state index < -0.39 is 11.9 Å². The fourth-order valence-corrected chi connectivity index (χ4v) is 4.70. The van der Waals surface area contributed by atoms with Gasteiger partial charge in [-0.2, -0.15) is 0 Å². The van der Waals surface area contributed by atoms with Gasteiger partial charge >= 0.3 is 5.97 Å². The van der Waals surface area contributed by atoms with Crippen molar-refractivity contribution in [3.05, 3.63) is 76.9 Å². The molecule has 5 heteroatoms. The Morgan fingerprint density at radius 3 is 2.52 bits per heavy atom. The van der Waals surface area contributed by atoms with Gasteiger partial charge in [0.1, 0.15) is 35.9 Å². The molecule has 3 atom stereocenters. The van der Waals surface area contributed by atoms with E-state index in [0.717, 1.165) is 28.2 Å². The molecular weight excluding hydrogens is 392 g/mol. The highest BCUT2D eigenvalue weighted by Crippen LogP contribution is 2.58. The van der Waals surface area contributed by atoms with Gasteiger partial charge in [0.05, 0.1) is 7.11 Å². The lowest BCUT2D eigenvalue weighted by Crippen LogP contribution is -2.08. The molecule has 1 aliphatic heterocycles. The largest absolute Gasteiger partial charge is 0.497 e. The van der Waals surface area contributed by atoms with Gasteiger partial charge in [-0.1, -0.05) is 24.3 Å². The summed E-state index contributed by atoms with van der Waals surface area (Å²) in [5, 5.41) is 9.20. The average Bonchev–Trinajstić information content (AvgIpc) is 3.34. The van der Waals surface area contributed by atoms with Crippen LogP contribution in [0.4, 0.5) is 0 Å². The third-order valence-corrected chi connectivity index (χ3v) is 6.21. The number of carboxylic acid groups (broad SMARTS) is 1. The lowest BCUT2D eigenvalue weighted by molar-refractivity contribution is -0.139. The molecule has 1 saturated carbocycles. The van der Waals surface area contributed by atoms with Crippen LogP contribution in [-0.4, -0.2) is 24.3 Å². The van der Waals surface area contributed by atoms with Crippen molar-refractivity contribution in [1.82, 2.24) is 0 Å². The van der Waals surface area contributed by atoms with Crippen molar-refractivity contribution in [3.8, 4) is 28.4 Å². The van der Waals surface area contributed by atoms with Gasteiger partial charge in [0.15, 0.2) is 0 Å². The van der Waals surface area contributed by atoms with Gasteiger partial charge in [0, 0.05) is 17.5 Å². The first-order valence-electron chi connectivity index (χ1n) is 10.4. The molecule has 1 fully saturated rings. The zero-order chi connectivity index (χ0) is 21.7. The highest BCUT2D eigenvalue weighted by molar-refractivity contribution is 5.79. The van der Waals surface area contributed by atoms with Crippen molar-refractivity contribution in [2.45, 2.75) is 32.5 Å². The quantitative estimate of drug-likeness (QED) is 0.604. The second-order valence-corrected chi connectivity index (χ2v) is 8.30. The van der Waals surface area contributed by atoms with Gasteiger partial charge in [-0.15, -0.1) is 0 Å². The van der Waals surface area contributed by atoms with Gasteiger partial charge < -0.3 is 19.3 Å². The fourth-order valence-electron chi connectivity index (χ4n) is 4.70. The van der Waals surface area contributed by atoms with E-state index >= 15 is 0 Å². The number of rotatable bonds is 6. The minimum absolute atomic E-state index is 0.0193. The predicted molar refractivity (Wildman–Crippen MR) is 117 cm³/mol. The number of benzene rings is 3. The van der Waals surface area contributed by atoms with E-state index in [1.165, 1.54) is 16.7 Å². The van der Waals surface area contributed by atoms with Crippen LogP contribution in [0.5, 0.6) is 17.2 Å². The van der Waals surface area contributed by atoms with Crippen LogP contribution in [0.25, 0.3) is 11.1 Å². The molecule has 0 amide bonds. The maximum atomic E-state index is 11.2. The van der Waals surface area contributed by atoms with Crippen LogP contribution in [0.3, 0.4) is 0 Å². The van der Waals surface area contributed by atoms with Crippen LogP contribution in [-0.2, 0) is 11.4 Å². The maximum Gasteiger partial charge on any atom is 0.311 e. The molecule has 3 aromatic carbocycles. The van der Waals surface area contributed by atoms with Crippen LogP contribution < -0.4 is 14.2 Å². The molecule has 3 aromatic rings. The number of hydrogen-bond acceptors (Lipinski definition) is 4. The van der Waals surface area contributed by atoms with E-state index in [-0.39, 0.29) is 12.0 Å². The number of carboxylic acids is 1. The molecule has 0 bridgehead atoms. The number of aryl methyl sites for hydroxylation is 2. The van der Waals surface area contributed by atoms with Gasteiger partial charge in [0.25, 0.3) is 0 Å². The molecule has 5 rings (SSSR count). The zero-order valence-electron chi connectivity index (χ0n) is 17.7. The molecule has 5 nitrogen and oxygen atoms in total. The summed E-state index contributed by atoms with van der Waals surface area (Å²) in [5.41, 5.74) is 6.74. The summed E-state index contributed by atoms with van der Waals surface area (Å²) in [6.45, 7) is 4.63. The summed E-state index contributed by atoms with van der Waals surface area (Å²) in [6.07, 6.45) is -0.226. The Hall–Kier alpha value is -3.47. The summed E-state index contributed by atoms with van der Waals surface area (Å²) < 4.78 is 17.2. The molecule has 0 unspecified atom stereocenters. The minimum Gasteiger partial charge on any atom is -0.497 e. The Morgan fingerprint density at radius 1 is 1.03 bits per heavy atom. The Bertz CT molecular complexity index is 1160. The normalized spacial score (nSPS) is 20.4. The molecule has 0 radical (unpaired) electrons. The van der Waals surface area contributed by atoms with E-state index in [0.29, 0.717) is 12.4 Å². The van der Waals surface area contributed by atoms with Crippen molar-refractivity contribution >= 4 is 5.97 Å². The van der Waals surface area contributed by atoms with Crippen molar-refractivity contribution in [1.29, 1.82) is 0 Å². The number of hydrogen-bond donors (Lipinski definition) is 1. The van der Waals surface area contributed by atoms with Crippen LogP contribution in [0, 0.1) is 19.8 Å². The lowest BCUT2D eigenvalue weighted by atomic mass is 9.94. The van der Waals surface area contributed by atoms with E-state index in [1.54, 1.807) is 7.11 Å². The number of fused-ring (bicyclic) bond motifs is 3. The highest BCUT2D eigenvalue weighted by Gasteiger charge is 2.63. The van der Waals surface area contributed by atoms with Crippen LogP contribution in [0.2, 0.25) is 0 Å². The molecule has 0 spiro atoms. The zero-order valence-corrected chi connectivity index (χ0v) is 17.7. The Balaban J connectivity index is 1.31. The Kier molecular flexibility index (Phi) is 4.62. The smallest absolute Gasteiger partial charge is 0.311 e. The monoisotopic (exact) mass is 416 g/mol. The molecule has 31 heavy (non-hydrogen) atoms. The van der Waals surface area contributed by atoms with Gasteiger partial charge in [-0.05, 0) is 65.9 Å². The van der Waals surface area contributed by atoms with Gasteiger partial charge in [-0.25, -0.2) is 0 Å². The second kappa shape index (κ2) is 7.34. The average molecular weight is 416 g/mol. The highest BCUT2D eigenvalue weighted by atomic mass is 16.5. The molecule has 158 valence electrons. The number of methoxy groups -OCH3 is 1. The molecule has 1 aliphatic carbocycles. The van der Waals surface area contributed by atoms with E-state index in [2.05, 4.69) is 38.1 Å².